The monoisotopic (exact) mass is 290 g/mol. The summed E-state index contributed by atoms with van der Waals surface area (Å²) in [6.45, 7) is 3.66. The van der Waals surface area contributed by atoms with Crippen LogP contribution in [0, 0.1) is 15.9 Å². The summed E-state index contributed by atoms with van der Waals surface area (Å²) in [6, 6.07) is 10.5. The summed E-state index contributed by atoms with van der Waals surface area (Å²) in [7, 11) is 0. The van der Waals surface area contributed by atoms with E-state index in [1.165, 1.54) is 12.1 Å². The molecule has 2 rings (SSSR count). The number of hydrogen-bond acceptors (Lipinski definition) is 4. The van der Waals surface area contributed by atoms with Gasteiger partial charge in [0.2, 0.25) is 0 Å². The van der Waals surface area contributed by atoms with Crippen LogP contribution in [0.5, 0.6) is 11.5 Å². The van der Waals surface area contributed by atoms with Crippen LogP contribution in [-0.2, 0) is 6.54 Å². The van der Waals surface area contributed by atoms with E-state index in [1.807, 2.05) is 19.1 Å². The summed E-state index contributed by atoms with van der Waals surface area (Å²) in [5.74, 6) is -0.330. The summed E-state index contributed by atoms with van der Waals surface area (Å²) in [6.07, 6.45) is 0. The van der Waals surface area contributed by atoms with Gasteiger partial charge in [-0.1, -0.05) is 19.1 Å². The molecule has 2 aromatic rings. The second-order valence-electron chi connectivity index (χ2n) is 4.40. The van der Waals surface area contributed by atoms with Gasteiger partial charge in [0.05, 0.1) is 11.0 Å². The van der Waals surface area contributed by atoms with Crippen molar-refractivity contribution in [2.24, 2.45) is 0 Å². The number of non-ortho nitro benzene ring substituents is 1. The van der Waals surface area contributed by atoms with E-state index in [9.17, 15) is 14.5 Å². The Morgan fingerprint density at radius 3 is 2.52 bits per heavy atom. The minimum absolute atomic E-state index is 0.0416. The van der Waals surface area contributed by atoms with Crippen molar-refractivity contribution in [2.75, 3.05) is 6.54 Å². The summed E-state index contributed by atoms with van der Waals surface area (Å²) in [5, 5.41) is 13.7. The van der Waals surface area contributed by atoms with Crippen molar-refractivity contribution >= 4 is 5.69 Å². The van der Waals surface area contributed by atoms with Crippen LogP contribution in [0.1, 0.15) is 12.5 Å². The van der Waals surface area contributed by atoms with Crippen LogP contribution in [0.2, 0.25) is 0 Å². The molecular weight excluding hydrogens is 275 g/mol. The first-order valence-corrected chi connectivity index (χ1v) is 6.51. The van der Waals surface area contributed by atoms with E-state index >= 15 is 0 Å². The second kappa shape index (κ2) is 6.81. The number of rotatable bonds is 6. The molecule has 0 aromatic heterocycles. The van der Waals surface area contributed by atoms with E-state index in [4.69, 9.17) is 4.74 Å². The minimum Gasteiger partial charge on any atom is -0.454 e. The zero-order valence-electron chi connectivity index (χ0n) is 11.5. The topological polar surface area (TPSA) is 64.4 Å². The van der Waals surface area contributed by atoms with Crippen LogP contribution >= 0.6 is 0 Å². The number of benzene rings is 2. The van der Waals surface area contributed by atoms with Crippen molar-refractivity contribution in [3.63, 3.8) is 0 Å². The van der Waals surface area contributed by atoms with Crippen molar-refractivity contribution in [3.05, 3.63) is 64.0 Å². The van der Waals surface area contributed by atoms with Gasteiger partial charge in [0, 0.05) is 12.6 Å². The summed E-state index contributed by atoms with van der Waals surface area (Å²) >= 11 is 0. The summed E-state index contributed by atoms with van der Waals surface area (Å²) in [5.41, 5.74) is 0.786. The number of ether oxygens (including phenoxy) is 1. The van der Waals surface area contributed by atoms with Crippen LogP contribution in [0.3, 0.4) is 0 Å². The number of nitro groups is 1. The SMILES string of the molecule is CCNCc1ccc(Oc2ccc([N+](=O)[O-])cc2F)cc1. The minimum atomic E-state index is -0.763. The average Bonchev–Trinajstić information content (AvgIpc) is 2.48. The van der Waals surface area contributed by atoms with Gasteiger partial charge in [0.1, 0.15) is 5.75 Å². The quantitative estimate of drug-likeness (QED) is 0.651. The van der Waals surface area contributed by atoms with E-state index < -0.39 is 10.7 Å². The molecule has 0 saturated carbocycles. The normalized spacial score (nSPS) is 10.4. The van der Waals surface area contributed by atoms with Crippen molar-refractivity contribution in [3.8, 4) is 11.5 Å². The van der Waals surface area contributed by atoms with Crippen molar-refractivity contribution in [1.82, 2.24) is 5.32 Å². The van der Waals surface area contributed by atoms with E-state index in [0.29, 0.717) is 5.75 Å². The molecule has 0 heterocycles. The van der Waals surface area contributed by atoms with Gasteiger partial charge in [-0.3, -0.25) is 10.1 Å². The molecule has 0 saturated heterocycles. The van der Waals surface area contributed by atoms with Gasteiger partial charge in [0.25, 0.3) is 5.69 Å². The Labute approximate surface area is 121 Å². The molecular formula is C15H15FN2O3. The molecule has 5 nitrogen and oxygen atoms in total. The highest BCUT2D eigenvalue weighted by molar-refractivity contribution is 5.40. The third kappa shape index (κ3) is 4.00. The zero-order valence-corrected chi connectivity index (χ0v) is 11.5. The molecule has 0 unspecified atom stereocenters. The molecule has 0 spiro atoms. The van der Waals surface area contributed by atoms with Crippen LogP contribution in [-0.4, -0.2) is 11.5 Å². The number of halogens is 1. The fraction of sp³-hybridized carbons (Fsp3) is 0.200. The van der Waals surface area contributed by atoms with E-state index in [1.54, 1.807) is 12.1 Å². The number of nitrogens with one attached hydrogen (secondary N) is 1. The zero-order chi connectivity index (χ0) is 15.2. The van der Waals surface area contributed by atoms with Crippen LogP contribution in [0.15, 0.2) is 42.5 Å². The van der Waals surface area contributed by atoms with Gasteiger partial charge < -0.3 is 10.1 Å². The molecule has 6 heteroatoms. The van der Waals surface area contributed by atoms with Gasteiger partial charge >= 0.3 is 0 Å². The molecule has 2 aromatic carbocycles. The van der Waals surface area contributed by atoms with Gasteiger partial charge in [-0.15, -0.1) is 0 Å². The lowest BCUT2D eigenvalue weighted by atomic mass is 10.2. The highest BCUT2D eigenvalue weighted by atomic mass is 19.1. The second-order valence-corrected chi connectivity index (χ2v) is 4.40. The van der Waals surface area contributed by atoms with E-state index in [-0.39, 0.29) is 11.4 Å². The van der Waals surface area contributed by atoms with Crippen LogP contribution in [0.4, 0.5) is 10.1 Å². The molecule has 110 valence electrons. The molecule has 21 heavy (non-hydrogen) atoms. The molecule has 0 amide bonds. The van der Waals surface area contributed by atoms with Crippen LogP contribution < -0.4 is 10.1 Å². The Kier molecular flexibility index (Phi) is 4.84. The molecule has 0 bridgehead atoms. The number of hydrogen-bond donors (Lipinski definition) is 1. The van der Waals surface area contributed by atoms with Gasteiger partial charge in [-0.2, -0.15) is 0 Å². The maximum atomic E-state index is 13.7. The Bertz CT molecular complexity index is 629. The molecule has 0 fully saturated rings. The Morgan fingerprint density at radius 2 is 1.95 bits per heavy atom. The maximum absolute atomic E-state index is 13.7. The molecule has 0 atom stereocenters. The third-order valence-electron chi connectivity index (χ3n) is 2.86. The fourth-order valence-electron chi connectivity index (χ4n) is 1.76. The fourth-order valence-corrected chi connectivity index (χ4v) is 1.76. The van der Waals surface area contributed by atoms with Gasteiger partial charge in [0.15, 0.2) is 11.6 Å². The lowest BCUT2D eigenvalue weighted by molar-refractivity contribution is -0.385. The lowest BCUT2D eigenvalue weighted by Crippen LogP contribution is -2.11. The Balaban J connectivity index is 2.09. The molecule has 1 N–H and O–H groups in total. The number of nitro benzene ring substituents is 1. The first-order valence-electron chi connectivity index (χ1n) is 6.51. The Hall–Kier alpha value is -2.47. The smallest absolute Gasteiger partial charge is 0.272 e. The summed E-state index contributed by atoms with van der Waals surface area (Å²) < 4.78 is 19.1. The van der Waals surface area contributed by atoms with E-state index in [2.05, 4.69) is 5.32 Å². The average molecular weight is 290 g/mol. The third-order valence-corrected chi connectivity index (χ3v) is 2.86. The van der Waals surface area contributed by atoms with E-state index in [0.717, 1.165) is 24.7 Å². The predicted octanol–water partition coefficient (Wildman–Crippen LogP) is 3.64. The summed E-state index contributed by atoms with van der Waals surface area (Å²) in [4.78, 5) is 9.89. The first kappa shape index (κ1) is 14.9. The molecule has 0 aliphatic rings. The highest BCUT2D eigenvalue weighted by Crippen LogP contribution is 2.27. The molecule has 0 aliphatic carbocycles. The Morgan fingerprint density at radius 1 is 1.24 bits per heavy atom. The predicted molar refractivity (Wildman–Crippen MR) is 77.0 cm³/mol. The van der Waals surface area contributed by atoms with Crippen molar-refractivity contribution in [2.45, 2.75) is 13.5 Å². The maximum Gasteiger partial charge on any atom is 0.272 e. The molecule has 0 aliphatic heterocycles. The van der Waals surface area contributed by atoms with Crippen molar-refractivity contribution in [1.29, 1.82) is 0 Å². The number of nitrogens with zero attached hydrogens (tertiary/aromatic N) is 1. The first-order chi connectivity index (χ1) is 10.1. The molecule has 0 radical (unpaired) electrons. The van der Waals surface area contributed by atoms with Crippen LogP contribution in [0.25, 0.3) is 0 Å². The largest absolute Gasteiger partial charge is 0.454 e. The standard InChI is InChI=1S/C15H15FN2O3/c1-2-17-10-11-3-6-13(7-4-11)21-15-8-5-12(18(19)20)9-14(15)16/h3-9,17H,2,10H2,1H3. The highest BCUT2D eigenvalue weighted by Gasteiger charge is 2.12. The lowest BCUT2D eigenvalue weighted by Gasteiger charge is -2.08. The van der Waals surface area contributed by atoms with Gasteiger partial charge in [-0.05, 0) is 30.3 Å². The van der Waals surface area contributed by atoms with Crippen molar-refractivity contribution < 1.29 is 14.1 Å². The van der Waals surface area contributed by atoms with Gasteiger partial charge in [-0.25, -0.2) is 4.39 Å².